The fraction of sp³-hybridized carbons (Fsp3) is 0.343. The van der Waals surface area contributed by atoms with E-state index in [9.17, 15) is 0 Å². The second kappa shape index (κ2) is 8.60. The van der Waals surface area contributed by atoms with E-state index in [1.807, 2.05) is 11.8 Å². The molecule has 0 saturated heterocycles. The maximum atomic E-state index is 2.52. The van der Waals surface area contributed by atoms with Gasteiger partial charge in [0.1, 0.15) is 7.05 Å². The van der Waals surface area contributed by atoms with Crippen LogP contribution in [0.25, 0.3) is 43.6 Å². The highest BCUT2D eigenvalue weighted by molar-refractivity contribution is 8.00. The number of fused-ring (bicyclic) bond motifs is 5. The van der Waals surface area contributed by atoms with Gasteiger partial charge in [-0.05, 0) is 89.2 Å². The number of pyridine rings is 1. The number of benzene rings is 4. The largest absolute Gasteiger partial charge is 0.222 e. The smallest absolute Gasteiger partial charge is 0.200 e. The molecule has 1 nitrogen and oxygen atoms in total. The third-order valence-corrected chi connectivity index (χ3v) is 10.1. The molecule has 4 aromatic carbocycles. The normalized spacial score (nSPS) is 15.4. The number of rotatable bonds is 3. The first-order valence-electron chi connectivity index (χ1n) is 14.0. The molecule has 0 radical (unpaired) electrons. The fourth-order valence-electron chi connectivity index (χ4n) is 7.09. The molecule has 186 valence electrons. The highest BCUT2D eigenvalue weighted by Crippen LogP contribution is 2.53. The van der Waals surface area contributed by atoms with Crippen molar-refractivity contribution in [2.24, 2.45) is 13.0 Å². The molecule has 1 aromatic heterocycles. The summed E-state index contributed by atoms with van der Waals surface area (Å²) in [5.41, 5.74) is 8.65. The van der Waals surface area contributed by atoms with Gasteiger partial charge < -0.3 is 0 Å². The zero-order valence-electron chi connectivity index (χ0n) is 22.7. The Bertz CT molecular complexity index is 1740. The van der Waals surface area contributed by atoms with Crippen LogP contribution in [0.3, 0.4) is 0 Å². The van der Waals surface area contributed by atoms with Crippen LogP contribution in [0.5, 0.6) is 0 Å². The zero-order valence-corrected chi connectivity index (χ0v) is 23.6. The number of nitrogens with zero attached hydrogens (tertiary/aromatic N) is 1. The molecule has 0 unspecified atom stereocenters. The van der Waals surface area contributed by atoms with Gasteiger partial charge in [0.15, 0.2) is 6.20 Å². The Morgan fingerprint density at radius 2 is 1.70 bits per heavy atom. The molecule has 5 aromatic rings. The Balaban J connectivity index is 1.59. The molecular formula is C35H36NS+. The summed E-state index contributed by atoms with van der Waals surface area (Å²) in [5, 5.41) is 8.49. The quantitative estimate of drug-likeness (QED) is 0.172. The number of hydrogen-bond acceptors (Lipinski definition) is 1. The number of aromatic nitrogens is 1. The molecule has 1 saturated carbocycles. The second-order valence-electron chi connectivity index (χ2n) is 12.0. The first-order chi connectivity index (χ1) is 17.9. The zero-order chi connectivity index (χ0) is 25.4. The molecular weight excluding hydrogens is 466 g/mol. The van der Waals surface area contributed by atoms with E-state index in [1.54, 1.807) is 0 Å². The molecule has 2 heterocycles. The van der Waals surface area contributed by atoms with Gasteiger partial charge in [-0.2, -0.15) is 0 Å². The van der Waals surface area contributed by atoms with Crippen molar-refractivity contribution >= 4 is 44.1 Å². The minimum absolute atomic E-state index is 0.605. The van der Waals surface area contributed by atoms with Crippen LogP contribution in [0.2, 0.25) is 0 Å². The van der Waals surface area contributed by atoms with Crippen molar-refractivity contribution in [3.63, 3.8) is 0 Å². The van der Waals surface area contributed by atoms with Gasteiger partial charge >= 0.3 is 0 Å². The molecule has 1 aliphatic heterocycles. The Labute approximate surface area is 224 Å². The summed E-state index contributed by atoms with van der Waals surface area (Å²) in [6.07, 6.45) is 8.83. The highest BCUT2D eigenvalue weighted by Gasteiger charge is 2.32. The summed E-state index contributed by atoms with van der Waals surface area (Å²) in [4.78, 5) is 2.88. The molecule has 2 aliphatic rings. The van der Waals surface area contributed by atoms with E-state index in [0.717, 1.165) is 12.3 Å². The Kier molecular flexibility index (Phi) is 5.41. The van der Waals surface area contributed by atoms with Gasteiger partial charge in [-0.3, -0.25) is 0 Å². The van der Waals surface area contributed by atoms with E-state index in [-0.39, 0.29) is 0 Å². The topological polar surface area (TPSA) is 3.88 Å². The van der Waals surface area contributed by atoms with Crippen molar-refractivity contribution in [2.75, 3.05) is 0 Å². The minimum Gasteiger partial charge on any atom is -0.200 e. The molecule has 1 aliphatic carbocycles. The van der Waals surface area contributed by atoms with Crippen molar-refractivity contribution < 1.29 is 4.57 Å². The van der Waals surface area contributed by atoms with Crippen LogP contribution in [0.15, 0.2) is 64.5 Å². The SMILES string of the molecule is Cc1ccc2c(CC(C)C)c3c(c(C)c2c1)-c1c2c(cc4ccc(C5CCCC5)cc4c2cc[n+]1C)S3. The van der Waals surface area contributed by atoms with Gasteiger partial charge in [-0.15, -0.1) is 0 Å². The predicted octanol–water partition coefficient (Wildman–Crippen LogP) is 9.58. The summed E-state index contributed by atoms with van der Waals surface area (Å²) in [7, 11) is 2.24. The molecule has 0 spiro atoms. The molecule has 2 heteroatoms. The summed E-state index contributed by atoms with van der Waals surface area (Å²) < 4.78 is 2.38. The van der Waals surface area contributed by atoms with Crippen LogP contribution in [0.1, 0.15) is 67.7 Å². The average molecular weight is 503 g/mol. The highest BCUT2D eigenvalue weighted by atomic mass is 32.2. The fourth-order valence-corrected chi connectivity index (χ4v) is 8.47. The monoisotopic (exact) mass is 502 g/mol. The predicted molar refractivity (Wildman–Crippen MR) is 159 cm³/mol. The van der Waals surface area contributed by atoms with E-state index >= 15 is 0 Å². The molecule has 0 N–H and O–H groups in total. The minimum atomic E-state index is 0.605. The average Bonchev–Trinajstić information content (AvgIpc) is 3.42. The summed E-state index contributed by atoms with van der Waals surface area (Å²) in [6.45, 7) is 9.27. The van der Waals surface area contributed by atoms with Crippen molar-refractivity contribution in [3.05, 3.63) is 77.0 Å². The van der Waals surface area contributed by atoms with Gasteiger partial charge in [0.25, 0.3) is 0 Å². The standard InChI is InChI=1S/C35H36NS/c1-20(2)16-30-26-13-10-21(3)17-28(26)22(4)32-34-33-27(14-15-36(34)5)29-18-24(23-8-6-7-9-23)11-12-25(29)19-31(33)37-35(30)32/h10-15,17-20,23H,6-9,16H2,1-5H3/q+1. The number of hydrogen-bond donors (Lipinski definition) is 0. The Morgan fingerprint density at radius 3 is 2.49 bits per heavy atom. The van der Waals surface area contributed by atoms with E-state index in [2.05, 4.69) is 94.0 Å². The first-order valence-corrected chi connectivity index (χ1v) is 14.9. The van der Waals surface area contributed by atoms with Crippen LogP contribution < -0.4 is 4.57 Å². The summed E-state index contributed by atoms with van der Waals surface area (Å²) in [6, 6.07) is 19.2. The van der Waals surface area contributed by atoms with E-state index in [1.165, 1.54) is 101 Å². The summed E-state index contributed by atoms with van der Waals surface area (Å²) in [5.74, 6) is 1.34. The van der Waals surface area contributed by atoms with Crippen LogP contribution in [-0.2, 0) is 13.5 Å². The van der Waals surface area contributed by atoms with Crippen LogP contribution in [0.4, 0.5) is 0 Å². The maximum Gasteiger partial charge on any atom is 0.222 e. The van der Waals surface area contributed by atoms with Crippen LogP contribution in [-0.4, -0.2) is 0 Å². The van der Waals surface area contributed by atoms with Gasteiger partial charge in [-0.1, -0.05) is 80.4 Å². The third kappa shape index (κ3) is 3.56. The van der Waals surface area contributed by atoms with Gasteiger partial charge in [-0.25, -0.2) is 4.57 Å². The lowest BCUT2D eigenvalue weighted by Crippen LogP contribution is -2.32. The van der Waals surface area contributed by atoms with Gasteiger partial charge in [0, 0.05) is 21.2 Å². The second-order valence-corrected chi connectivity index (χ2v) is 13.0. The van der Waals surface area contributed by atoms with Crippen LogP contribution >= 0.6 is 11.8 Å². The lowest BCUT2D eigenvalue weighted by Gasteiger charge is -2.26. The van der Waals surface area contributed by atoms with E-state index in [4.69, 9.17) is 0 Å². The lowest BCUT2D eigenvalue weighted by atomic mass is 9.87. The molecule has 1 fully saturated rings. The molecule has 7 rings (SSSR count). The maximum absolute atomic E-state index is 2.52. The van der Waals surface area contributed by atoms with Crippen LogP contribution in [0, 0.1) is 19.8 Å². The van der Waals surface area contributed by atoms with Crippen molar-refractivity contribution in [1.29, 1.82) is 0 Å². The molecule has 0 atom stereocenters. The van der Waals surface area contributed by atoms with Crippen molar-refractivity contribution in [2.45, 2.75) is 75.5 Å². The van der Waals surface area contributed by atoms with E-state index < -0.39 is 0 Å². The van der Waals surface area contributed by atoms with Gasteiger partial charge in [0.05, 0.1) is 10.9 Å². The number of aryl methyl sites for hydroxylation is 3. The lowest BCUT2D eigenvalue weighted by molar-refractivity contribution is -0.659. The Hall–Kier alpha value is -2.84. The molecule has 0 bridgehead atoms. The summed E-state index contributed by atoms with van der Waals surface area (Å²) >= 11 is 2.02. The van der Waals surface area contributed by atoms with Gasteiger partial charge in [0.2, 0.25) is 5.69 Å². The Morgan fingerprint density at radius 1 is 0.892 bits per heavy atom. The van der Waals surface area contributed by atoms with Crippen molar-refractivity contribution in [1.82, 2.24) is 0 Å². The molecule has 0 amide bonds. The molecule has 37 heavy (non-hydrogen) atoms. The third-order valence-electron chi connectivity index (χ3n) is 8.89. The van der Waals surface area contributed by atoms with E-state index in [0.29, 0.717) is 5.92 Å². The van der Waals surface area contributed by atoms with Crippen molar-refractivity contribution in [3.8, 4) is 11.3 Å². The first kappa shape index (κ1) is 23.3.